The number of fused-ring (bicyclic) bond motifs is 2. The average molecular weight is 296 g/mol. The Kier molecular flexibility index (Phi) is 2.73. The van der Waals surface area contributed by atoms with E-state index in [0.29, 0.717) is 16.7 Å². The molecule has 6 heteroatoms. The summed E-state index contributed by atoms with van der Waals surface area (Å²) >= 11 is 1.48. The number of nitrogens with two attached hydrogens (primary N) is 1. The van der Waals surface area contributed by atoms with Gasteiger partial charge in [-0.25, -0.2) is 9.67 Å². The van der Waals surface area contributed by atoms with Gasteiger partial charge < -0.3 is 10.8 Å². The number of nitrogens with zero attached hydrogens (tertiary/aromatic N) is 3. The molecule has 3 N–H and O–H groups in total. The molecule has 1 aliphatic rings. The zero-order valence-electron chi connectivity index (χ0n) is 11.0. The molecule has 1 unspecified atom stereocenters. The normalized spacial score (nSPS) is 16.3. The molecule has 5 nitrogen and oxygen atoms in total. The highest BCUT2D eigenvalue weighted by Crippen LogP contribution is 2.40. The molecule has 1 aliphatic heterocycles. The zero-order valence-corrected chi connectivity index (χ0v) is 11.8. The minimum atomic E-state index is -0.857. The second-order valence-electron chi connectivity index (χ2n) is 4.80. The molecule has 0 bridgehead atoms. The summed E-state index contributed by atoms with van der Waals surface area (Å²) in [6.07, 6.45) is -0.857. The van der Waals surface area contributed by atoms with Gasteiger partial charge in [0.25, 0.3) is 0 Å². The second-order valence-corrected chi connectivity index (χ2v) is 5.81. The van der Waals surface area contributed by atoms with Crippen molar-refractivity contribution in [2.75, 3.05) is 5.73 Å². The predicted octanol–water partition coefficient (Wildman–Crippen LogP) is 2.53. The SMILES string of the molecule is Nc1ccc2c(c1)C(O)n1nc(-c3ccccc3)nc1S2. The third-order valence-corrected chi connectivity index (χ3v) is 4.43. The van der Waals surface area contributed by atoms with Crippen LogP contribution in [0.3, 0.4) is 0 Å². The third kappa shape index (κ3) is 2.00. The average Bonchev–Trinajstić information content (AvgIpc) is 2.94. The van der Waals surface area contributed by atoms with E-state index < -0.39 is 6.23 Å². The summed E-state index contributed by atoms with van der Waals surface area (Å²) in [6, 6.07) is 15.2. The van der Waals surface area contributed by atoms with Gasteiger partial charge in [-0.2, -0.15) is 0 Å². The molecule has 0 radical (unpaired) electrons. The van der Waals surface area contributed by atoms with E-state index in [1.807, 2.05) is 42.5 Å². The van der Waals surface area contributed by atoms with E-state index >= 15 is 0 Å². The molecular formula is C15H12N4OS. The molecular weight excluding hydrogens is 284 g/mol. The zero-order chi connectivity index (χ0) is 14.4. The quantitative estimate of drug-likeness (QED) is 0.675. The Bertz CT molecular complexity index is 816. The van der Waals surface area contributed by atoms with Crippen LogP contribution in [0.5, 0.6) is 0 Å². The van der Waals surface area contributed by atoms with E-state index in [9.17, 15) is 5.11 Å². The van der Waals surface area contributed by atoms with Gasteiger partial charge in [0, 0.05) is 21.7 Å². The predicted molar refractivity (Wildman–Crippen MR) is 80.8 cm³/mol. The fraction of sp³-hybridized carbons (Fsp3) is 0.0667. The molecule has 2 heterocycles. The van der Waals surface area contributed by atoms with Crippen molar-refractivity contribution in [3.8, 4) is 11.4 Å². The molecule has 0 aliphatic carbocycles. The third-order valence-electron chi connectivity index (χ3n) is 3.38. The first-order valence-corrected chi connectivity index (χ1v) is 7.31. The Morgan fingerprint density at radius 2 is 1.95 bits per heavy atom. The van der Waals surface area contributed by atoms with Gasteiger partial charge in [0.15, 0.2) is 17.2 Å². The van der Waals surface area contributed by atoms with Crippen molar-refractivity contribution in [1.29, 1.82) is 0 Å². The van der Waals surface area contributed by atoms with Crippen molar-refractivity contribution in [3.05, 3.63) is 54.1 Å². The number of aliphatic hydroxyl groups excluding tert-OH is 1. The number of aliphatic hydroxyl groups is 1. The summed E-state index contributed by atoms with van der Waals surface area (Å²) < 4.78 is 1.54. The Morgan fingerprint density at radius 1 is 1.14 bits per heavy atom. The maximum atomic E-state index is 10.5. The number of hydrogen-bond acceptors (Lipinski definition) is 5. The summed E-state index contributed by atoms with van der Waals surface area (Å²) in [7, 11) is 0. The standard InChI is InChI=1S/C15H12N4OS/c16-10-6-7-12-11(8-10)14(20)19-15(21-12)17-13(18-19)9-4-2-1-3-5-9/h1-8,14,20H,16H2. The van der Waals surface area contributed by atoms with E-state index in [1.165, 1.54) is 16.4 Å². The smallest absolute Gasteiger partial charge is 0.194 e. The van der Waals surface area contributed by atoms with Gasteiger partial charge in [-0.1, -0.05) is 30.3 Å². The highest BCUT2D eigenvalue weighted by Gasteiger charge is 2.27. The van der Waals surface area contributed by atoms with Gasteiger partial charge >= 0.3 is 0 Å². The van der Waals surface area contributed by atoms with Crippen molar-refractivity contribution < 1.29 is 5.11 Å². The van der Waals surface area contributed by atoms with Gasteiger partial charge in [-0.05, 0) is 30.0 Å². The van der Waals surface area contributed by atoms with Crippen molar-refractivity contribution in [1.82, 2.24) is 14.8 Å². The second kappa shape index (κ2) is 4.61. The number of nitrogen functional groups attached to an aromatic ring is 1. The van der Waals surface area contributed by atoms with Crippen molar-refractivity contribution in [3.63, 3.8) is 0 Å². The lowest BCUT2D eigenvalue weighted by molar-refractivity contribution is 0.116. The fourth-order valence-electron chi connectivity index (χ4n) is 2.34. The summed E-state index contributed by atoms with van der Waals surface area (Å²) in [5.74, 6) is 0.609. The van der Waals surface area contributed by atoms with Crippen LogP contribution in [0.4, 0.5) is 5.69 Å². The number of hydrogen-bond donors (Lipinski definition) is 2. The van der Waals surface area contributed by atoms with Gasteiger partial charge in [0.2, 0.25) is 0 Å². The van der Waals surface area contributed by atoms with Crippen LogP contribution in [-0.4, -0.2) is 19.9 Å². The molecule has 104 valence electrons. The van der Waals surface area contributed by atoms with Crippen LogP contribution in [0.2, 0.25) is 0 Å². The van der Waals surface area contributed by atoms with Gasteiger partial charge in [0.05, 0.1) is 0 Å². The number of benzene rings is 2. The van der Waals surface area contributed by atoms with Crippen molar-refractivity contribution in [2.45, 2.75) is 16.3 Å². The topological polar surface area (TPSA) is 77.0 Å². The number of rotatable bonds is 1. The molecule has 0 amide bonds. The van der Waals surface area contributed by atoms with Crippen LogP contribution < -0.4 is 5.73 Å². The van der Waals surface area contributed by atoms with Gasteiger partial charge in [0.1, 0.15) is 0 Å². The van der Waals surface area contributed by atoms with E-state index in [-0.39, 0.29) is 0 Å². The Labute approximate surface area is 125 Å². The van der Waals surface area contributed by atoms with E-state index in [0.717, 1.165) is 16.0 Å². The van der Waals surface area contributed by atoms with Crippen molar-refractivity contribution in [2.24, 2.45) is 0 Å². The highest BCUT2D eigenvalue weighted by atomic mass is 32.2. The largest absolute Gasteiger partial charge is 0.399 e. The Morgan fingerprint density at radius 3 is 2.76 bits per heavy atom. The van der Waals surface area contributed by atoms with Crippen LogP contribution in [0.25, 0.3) is 11.4 Å². The lowest BCUT2D eigenvalue weighted by atomic mass is 10.1. The van der Waals surface area contributed by atoms with E-state index in [2.05, 4.69) is 10.1 Å². The van der Waals surface area contributed by atoms with E-state index in [1.54, 1.807) is 6.07 Å². The van der Waals surface area contributed by atoms with Crippen LogP contribution >= 0.6 is 11.8 Å². The summed E-state index contributed by atoms with van der Waals surface area (Å²) in [6.45, 7) is 0. The lowest BCUT2D eigenvalue weighted by Crippen LogP contribution is -2.17. The molecule has 21 heavy (non-hydrogen) atoms. The van der Waals surface area contributed by atoms with Crippen molar-refractivity contribution >= 4 is 17.4 Å². The van der Waals surface area contributed by atoms with Crippen LogP contribution in [-0.2, 0) is 0 Å². The Balaban J connectivity index is 1.81. The molecule has 2 aromatic carbocycles. The van der Waals surface area contributed by atoms with Crippen LogP contribution in [0.15, 0.2) is 58.6 Å². The maximum absolute atomic E-state index is 10.5. The van der Waals surface area contributed by atoms with E-state index in [4.69, 9.17) is 5.73 Å². The molecule has 0 saturated heterocycles. The molecule has 3 aromatic rings. The first-order chi connectivity index (χ1) is 10.2. The fourth-order valence-corrected chi connectivity index (χ4v) is 3.32. The molecule has 0 spiro atoms. The number of aromatic nitrogens is 3. The minimum absolute atomic E-state index is 0.609. The summed E-state index contributed by atoms with van der Waals surface area (Å²) in [4.78, 5) is 5.47. The highest BCUT2D eigenvalue weighted by molar-refractivity contribution is 7.99. The van der Waals surface area contributed by atoms with Gasteiger partial charge in [-0.3, -0.25) is 0 Å². The molecule has 1 atom stereocenters. The first kappa shape index (κ1) is 12.4. The lowest BCUT2D eigenvalue weighted by Gasteiger charge is -2.21. The monoisotopic (exact) mass is 296 g/mol. The van der Waals surface area contributed by atoms with Gasteiger partial charge in [-0.15, -0.1) is 5.10 Å². The van der Waals surface area contributed by atoms with Crippen LogP contribution in [0, 0.1) is 0 Å². The molecule has 0 saturated carbocycles. The first-order valence-electron chi connectivity index (χ1n) is 6.50. The molecule has 1 aromatic heterocycles. The Hall–Kier alpha value is -2.31. The van der Waals surface area contributed by atoms with Crippen LogP contribution in [0.1, 0.15) is 11.8 Å². The molecule has 0 fully saturated rings. The maximum Gasteiger partial charge on any atom is 0.194 e. The minimum Gasteiger partial charge on any atom is -0.399 e. The summed E-state index contributed by atoms with van der Waals surface area (Å²) in [5, 5.41) is 15.6. The number of anilines is 1. The molecule has 4 rings (SSSR count). The summed E-state index contributed by atoms with van der Waals surface area (Å²) in [5.41, 5.74) is 8.11.